The van der Waals surface area contributed by atoms with Gasteiger partial charge >= 0.3 is 0 Å². The van der Waals surface area contributed by atoms with Gasteiger partial charge in [-0.25, -0.2) is 0 Å². The molecule has 1 N–H and O–H groups in total. The quantitative estimate of drug-likeness (QED) is 0.873. The van der Waals surface area contributed by atoms with Gasteiger partial charge in [-0.05, 0) is 42.3 Å². The molecule has 120 valence electrons. The Bertz CT molecular complexity index is 704. The molecule has 2 rings (SSSR count). The van der Waals surface area contributed by atoms with Crippen LogP contribution >= 0.6 is 15.9 Å². The Kier molecular flexibility index (Phi) is 5.87. The van der Waals surface area contributed by atoms with Crippen LogP contribution in [-0.4, -0.2) is 23.3 Å². The van der Waals surface area contributed by atoms with E-state index in [0.717, 1.165) is 15.6 Å². The minimum atomic E-state index is -0.218. The number of anilines is 1. The monoisotopic (exact) mass is 375 g/mol. The molecule has 0 atom stereocenters. The van der Waals surface area contributed by atoms with Crippen LogP contribution in [0.3, 0.4) is 0 Å². The van der Waals surface area contributed by atoms with Gasteiger partial charge in [0.15, 0.2) is 0 Å². The van der Waals surface area contributed by atoms with Crippen molar-refractivity contribution in [1.82, 2.24) is 10.3 Å². The van der Waals surface area contributed by atoms with Gasteiger partial charge in [0.1, 0.15) is 6.54 Å². The summed E-state index contributed by atoms with van der Waals surface area (Å²) in [5.41, 5.74) is 2.62. The lowest BCUT2D eigenvalue weighted by molar-refractivity contribution is -0.123. The number of benzene rings is 1. The van der Waals surface area contributed by atoms with Gasteiger partial charge in [-0.1, -0.05) is 22.0 Å². The van der Waals surface area contributed by atoms with E-state index < -0.39 is 0 Å². The lowest BCUT2D eigenvalue weighted by Gasteiger charge is -2.21. The van der Waals surface area contributed by atoms with Crippen molar-refractivity contribution in [2.24, 2.45) is 0 Å². The van der Waals surface area contributed by atoms with Crippen LogP contribution in [0.15, 0.2) is 47.2 Å². The molecule has 2 aromatic rings. The minimum Gasteiger partial charge on any atom is -0.350 e. The van der Waals surface area contributed by atoms with Crippen molar-refractivity contribution in [3.63, 3.8) is 0 Å². The van der Waals surface area contributed by atoms with E-state index in [-0.39, 0.29) is 18.4 Å². The number of pyridine rings is 1. The maximum absolute atomic E-state index is 12.1. The topological polar surface area (TPSA) is 62.3 Å². The van der Waals surface area contributed by atoms with E-state index in [9.17, 15) is 9.59 Å². The average Bonchev–Trinajstić information content (AvgIpc) is 2.54. The number of nitrogens with one attached hydrogen (secondary N) is 1. The van der Waals surface area contributed by atoms with E-state index in [1.807, 2.05) is 37.3 Å². The molecule has 0 saturated heterocycles. The smallest absolute Gasteiger partial charge is 0.240 e. The molecule has 5 nitrogen and oxygen atoms in total. The van der Waals surface area contributed by atoms with Crippen LogP contribution < -0.4 is 10.2 Å². The highest BCUT2D eigenvalue weighted by Crippen LogP contribution is 2.23. The standard InChI is InChI=1S/C17H18BrN3O2/c1-12-8-15(5-6-16(12)18)21(13(2)22)11-17(23)20-10-14-4-3-7-19-9-14/h3-9H,10-11H2,1-2H3,(H,20,23). The van der Waals surface area contributed by atoms with Crippen LogP contribution in [0.25, 0.3) is 0 Å². The number of hydrogen-bond donors (Lipinski definition) is 1. The fourth-order valence-corrected chi connectivity index (χ4v) is 2.33. The van der Waals surface area contributed by atoms with Gasteiger partial charge in [-0.3, -0.25) is 14.6 Å². The highest BCUT2D eigenvalue weighted by molar-refractivity contribution is 9.10. The van der Waals surface area contributed by atoms with Gasteiger partial charge in [0.25, 0.3) is 0 Å². The third-order valence-corrected chi connectivity index (χ3v) is 4.24. The molecule has 1 aromatic heterocycles. The Balaban J connectivity index is 2.02. The second-order valence-corrected chi connectivity index (χ2v) is 6.03. The van der Waals surface area contributed by atoms with Crippen molar-refractivity contribution in [2.75, 3.05) is 11.4 Å². The minimum absolute atomic E-state index is 0.0172. The molecule has 6 heteroatoms. The Morgan fingerprint density at radius 3 is 2.70 bits per heavy atom. The number of halogens is 1. The number of carbonyl (C=O) groups is 2. The molecule has 1 heterocycles. The van der Waals surface area contributed by atoms with Gasteiger partial charge in [-0.2, -0.15) is 0 Å². The van der Waals surface area contributed by atoms with Crippen LogP contribution in [0.2, 0.25) is 0 Å². The molecule has 0 bridgehead atoms. The summed E-state index contributed by atoms with van der Waals surface area (Å²) in [6, 6.07) is 9.25. The molecular weight excluding hydrogens is 358 g/mol. The molecule has 0 saturated carbocycles. The van der Waals surface area contributed by atoms with Crippen molar-refractivity contribution in [3.8, 4) is 0 Å². The molecule has 0 aliphatic heterocycles. The highest BCUT2D eigenvalue weighted by atomic mass is 79.9. The summed E-state index contributed by atoms with van der Waals surface area (Å²) in [4.78, 5) is 29.4. The van der Waals surface area contributed by atoms with Crippen LogP contribution in [0.5, 0.6) is 0 Å². The summed E-state index contributed by atoms with van der Waals surface area (Å²) in [7, 11) is 0. The highest BCUT2D eigenvalue weighted by Gasteiger charge is 2.16. The van der Waals surface area contributed by atoms with Crippen LogP contribution in [0, 0.1) is 6.92 Å². The van der Waals surface area contributed by atoms with Crippen LogP contribution in [0.4, 0.5) is 5.69 Å². The first kappa shape index (κ1) is 17.1. The normalized spacial score (nSPS) is 10.2. The SMILES string of the molecule is CC(=O)N(CC(=O)NCc1cccnc1)c1ccc(Br)c(C)c1. The summed E-state index contributed by atoms with van der Waals surface area (Å²) in [5, 5.41) is 2.80. The zero-order valence-electron chi connectivity index (χ0n) is 13.0. The fourth-order valence-electron chi connectivity index (χ4n) is 2.08. The molecule has 0 aliphatic carbocycles. The molecular formula is C17H18BrN3O2. The Morgan fingerprint density at radius 2 is 2.09 bits per heavy atom. The number of hydrogen-bond acceptors (Lipinski definition) is 3. The molecule has 0 fully saturated rings. The number of aromatic nitrogens is 1. The second-order valence-electron chi connectivity index (χ2n) is 5.18. The fraction of sp³-hybridized carbons (Fsp3) is 0.235. The zero-order valence-corrected chi connectivity index (χ0v) is 14.6. The summed E-state index contributed by atoms with van der Waals surface area (Å²) < 4.78 is 0.964. The summed E-state index contributed by atoms with van der Waals surface area (Å²) >= 11 is 3.43. The maximum Gasteiger partial charge on any atom is 0.240 e. The molecule has 1 aromatic carbocycles. The number of nitrogens with zero attached hydrogens (tertiary/aromatic N) is 2. The first-order valence-corrected chi connectivity index (χ1v) is 7.96. The summed E-state index contributed by atoms with van der Waals surface area (Å²) in [6.45, 7) is 3.76. The van der Waals surface area contributed by atoms with Gasteiger partial charge in [0, 0.05) is 36.0 Å². The zero-order chi connectivity index (χ0) is 16.8. The molecule has 0 aliphatic rings. The Hall–Kier alpha value is -2.21. The van der Waals surface area contributed by atoms with Gasteiger partial charge in [0.05, 0.1) is 0 Å². The van der Waals surface area contributed by atoms with E-state index in [2.05, 4.69) is 26.2 Å². The van der Waals surface area contributed by atoms with Gasteiger partial charge < -0.3 is 10.2 Å². The maximum atomic E-state index is 12.1. The van der Waals surface area contributed by atoms with E-state index in [1.165, 1.54) is 11.8 Å². The van der Waals surface area contributed by atoms with Crippen molar-refractivity contribution in [2.45, 2.75) is 20.4 Å². The van der Waals surface area contributed by atoms with Crippen LogP contribution in [-0.2, 0) is 16.1 Å². The second kappa shape index (κ2) is 7.87. The summed E-state index contributed by atoms with van der Waals surface area (Å²) in [6.07, 6.45) is 3.37. The third kappa shape index (κ3) is 4.89. The Labute approximate surface area is 143 Å². The number of amides is 2. The largest absolute Gasteiger partial charge is 0.350 e. The first-order valence-electron chi connectivity index (χ1n) is 7.17. The third-order valence-electron chi connectivity index (χ3n) is 3.35. The van der Waals surface area contributed by atoms with Crippen molar-refractivity contribution in [3.05, 3.63) is 58.3 Å². The molecule has 2 amide bonds. The summed E-state index contributed by atoms with van der Waals surface area (Å²) in [5.74, 6) is -0.395. The average molecular weight is 376 g/mol. The predicted octanol–water partition coefficient (Wildman–Crippen LogP) is 2.82. The van der Waals surface area contributed by atoms with Gasteiger partial charge in [0.2, 0.25) is 11.8 Å². The Morgan fingerprint density at radius 1 is 1.30 bits per heavy atom. The molecule has 0 radical (unpaired) electrons. The molecule has 0 spiro atoms. The van der Waals surface area contributed by atoms with Crippen LogP contribution in [0.1, 0.15) is 18.1 Å². The van der Waals surface area contributed by atoms with Crippen molar-refractivity contribution >= 4 is 33.4 Å². The number of rotatable bonds is 5. The molecule has 0 unspecified atom stereocenters. The molecule has 23 heavy (non-hydrogen) atoms. The van der Waals surface area contributed by atoms with Crippen molar-refractivity contribution < 1.29 is 9.59 Å². The van der Waals surface area contributed by atoms with Gasteiger partial charge in [-0.15, -0.1) is 0 Å². The predicted molar refractivity (Wildman–Crippen MR) is 93.0 cm³/mol. The lowest BCUT2D eigenvalue weighted by atomic mass is 10.2. The van der Waals surface area contributed by atoms with E-state index >= 15 is 0 Å². The number of aryl methyl sites for hydroxylation is 1. The van der Waals surface area contributed by atoms with E-state index in [0.29, 0.717) is 12.2 Å². The number of carbonyl (C=O) groups excluding carboxylic acids is 2. The van der Waals surface area contributed by atoms with Crippen molar-refractivity contribution in [1.29, 1.82) is 0 Å². The van der Waals surface area contributed by atoms with E-state index in [4.69, 9.17) is 0 Å². The first-order chi connectivity index (χ1) is 11.0. The van der Waals surface area contributed by atoms with E-state index in [1.54, 1.807) is 12.4 Å². The lowest BCUT2D eigenvalue weighted by Crippen LogP contribution is -2.39.